The Balaban J connectivity index is 2.17. The van der Waals surface area contributed by atoms with E-state index in [1.807, 2.05) is 6.20 Å². The van der Waals surface area contributed by atoms with Crippen LogP contribution in [-0.4, -0.2) is 4.98 Å². The van der Waals surface area contributed by atoms with Gasteiger partial charge in [-0.3, -0.25) is 4.98 Å². The van der Waals surface area contributed by atoms with Crippen LogP contribution < -0.4 is 0 Å². The average molecular weight is 289 g/mol. The van der Waals surface area contributed by atoms with Crippen molar-refractivity contribution >= 4 is 10.8 Å². The van der Waals surface area contributed by atoms with Gasteiger partial charge >= 0.3 is 0 Å². The number of rotatable bonds is 3. The van der Waals surface area contributed by atoms with Crippen LogP contribution in [0.15, 0.2) is 54.7 Å². The van der Waals surface area contributed by atoms with E-state index in [4.69, 9.17) is 0 Å². The molecule has 0 aliphatic carbocycles. The normalized spacial score (nSPS) is 11.5. The van der Waals surface area contributed by atoms with Crippen LogP contribution in [-0.2, 0) is 0 Å². The second kappa shape index (κ2) is 5.92. The Bertz CT molecular complexity index is 800. The van der Waals surface area contributed by atoms with Crippen LogP contribution in [0, 0.1) is 0 Å². The van der Waals surface area contributed by atoms with Crippen LogP contribution >= 0.6 is 0 Å². The summed E-state index contributed by atoms with van der Waals surface area (Å²) < 4.78 is 0. The molecule has 0 N–H and O–H groups in total. The molecule has 1 heteroatoms. The average Bonchev–Trinajstić information content (AvgIpc) is 2.53. The molecular weight excluding hydrogens is 266 g/mol. The summed E-state index contributed by atoms with van der Waals surface area (Å²) in [6, 6.07) is 17.6. The first-order valence-corrected chi connectivity index (χ1v) is 8.05. The third kappa shape index (κ3) is 2.76. The Morgan fingerprint density at radius 1 is 0.773 bits per heavy atom. The van der Waals surface area contributed by atoms with E-state index in [1.165, 1.54) is 27.5 Å². The first-order valence-electron chi connectivity index (χ1n) is 8.05. The lowest BCUT2D eigenvalue weighted by atomic mass is 9.95. The molecule has 0 atom stereocenters. The maximum Gasteiger partial charge on any atom is 0.0780 e. The molecule has 0 saturated carbocycles. The van der Waals surface area contributed by atoms with Gasteiger partial charge in [-0.2, -0.15) is 0 Å². The molecule has 1 nitrogen and oxygen atoms in total. The van der Waals surface area contributed by atoms with Crippen molar-refractivity contribution in [2.24, 2.45) is 0 Å². The first-order chi connectivity index (χ1) is 10.6. The second-order valence-corrected chi connectivity index (χ2v) is 6.57. The van der Waals surface area contributed by atoms with E-state index in [2.05, 4.69) is 81.2 Å². The van der Waals surface area contributed by atoms with Crippen molar-refractivity contribution in [1.82, 2.24) is 4.98 Å². The second-order valence-electron chi connectivity index (χ2n) is 6.57. The number of nitrogens with zero attached hydrogens (tertiary/aromatic N) is 1. The summed E-state index contributed by atoms with van der Waals surface area (Å²) in [4.78, 5) is 4.65. The smallest absolute Gasteiger partial charge is 0.0780 e. The Hall–Kier alpha value is -2.15. The topological polar surface area (TPSA) is 12.9 Å². The molecule has 0 fully saturated rings. The molecule has 0 unspecified atom stereocenters. The molecule has 0 bridgehead atoms. The Morgan fingerprint density at radius 3 is 2.23 bits per heavy atom. The number of benzene rings is 2. The van der Waals surface area contributed by atoms with E-state index in [1.54, 1.807) is 0 Å². The minimum absolute atomic E-state index is 0.530. The van der Waals surface area contributed by atoms with E-state index >= 15 is 0 Å². The molecular formula is C21H23N. The lowest BCUT2D eigenvalue weighted by molar-refractivity contribution is 0.867. The van der Waals surface area contributed by atoms with Gasteiger partial charge in [0.05, 0.1) is 5.69 Å². The molecule has 0 spiro atoms. The molecule has 0 aliphatic rings. The maximum absolute atomic E-state index is 4.65. The van der Waals surface area contributed by atoms with Crippen LogP contribution in [0.25, 0.3) is 22.0 Å². The van der Waals surface area contributed by atoms with Crippen molar-refractivity contribution in [3.8, 4) is 11.3 Å². The molecule has 1 heterocycles. The highest BCUT2D eigenvalue weighted by atomic mass is 14.7. The van der Waals surface area contributed by atoms with E-state index in [0.29, 0.717) is 11.8 Å². The lowest BCUT2D eigenvalue weighted by Crippen LogP contribution is -1.92. The van der Waals surface area contributed by atoms with Gasteiger partial charge in [0.2, 0.25) is 0 Å². The van der Waals surface area contributed by atoms with Gasteiger partial charge in [-0.1, -0.05) is 64.1 Å². The highest BCUT2D eigenvalue weighted by molar-refractivity contribution is 5.94. The van der Waals surface area contributed by atoms with Gasteiger partial charge in [-0.05, 0) is 40.5 Å². The van der Waals surface area contributed by atoms with Crippen molar-refractivity contribution in [2.45, 2.75) is 39.5 Å². The lowest BCUT2D eigenvalue weighted by Gasteiger charge is -2.12. The van der Waals surface area contributed by atoms with Crippen LogP contribution in [0.4, 0.5) is 0 Å². The highest BCUT2D eigenvalue weighted by Gasteiger charge is 2.09. The van der Waals surface area contributed by atoms with Crippen LogP contribution in [0.1, 0.15) is 50.7 Å². The molecule has 0 aliphatic heterocycles. The highest BCUT2D eigenvalue weighted by Crippen LogP contribution is 2.30. The summed E-state index contributed by atoms with van der Waals surface area (Å²) >= 11 is 0. The van der Waals surface area contributed by atoms with Crippen molar-refractivity contribution in [3.05, 3.63) is 65.9 Å². The third-order valence-electron chi connectivity index (χ3n) is 4.28. The molecule has 112 valence electrons. The van der Waals surface area contributed by atoms with Gasteiger partial charge in [-0.25, -0.2) is 0 Å². The minimum Gasteiger partial charge on any atom is -0.256 e. The van der Waals surface area contributed by atoms with Crippen molar-refractivity contribution in [3.63, 3.8) is 0 Å². The quantitative estimate of drug-likeness (QED) is 0.563. The zero-order valence-electron chi connectivity index (χ0n) is 13.8. The summed E-state index contributed by atoms with van der Waals surface area (Å²) in [5.41, 5.74) is 5.01. The number of fused-ring (bicyclic) bond motifs is 1. The zero-order valence-corrected chi connectivity index (χ0v) is 13.8. The largest absolute Gasteiger partial charge is 0.256 e. The summed E-state index contributed by atoms with van der Waals surface area (Å²) in [7, 11) is 0. The predicted molar refractivity (Wildman–Crippen MR) is 95.4 cm³/mol. The van der Waals surface area contributed by atoms with Crippen LogP contribution in [0.3, 0.4) is 0 Å². The summed E-state index contributed by atoms with van der Waals surface area (Å²) in [6.45, 7) is 8.92. The van der Waals surface area contributed by atoms with E-state index < -0.39 is 0 Å². The Labute approximate surface area is 133 Å². The molecule has 1 aromatic heterocycles. The third-order valence-corrected chi connectivity index (χ3v) is 4.28. The molecule has 22 heavy (non-hydrogen) atoms. The van der Waals surface area contributed by atoms with Crippen LogP contribution in [0.2, 0.25) is 0 Å². The SMILES string of the molecule is CC(C)c1cccc(-c2nccc3cc(C(C)C)ccc23)c1. The number of hydrogen-bond acceptors (Lipinski definition) is 1. The monoisotopic (exact) mass is 289 g/mol. The van der Waals surface area contributed by atoms with Gasteiger partial charge in [-0.15, -0.1) is 0 Å². The fourth-order valence-electron chi connectivity index (χ4n) is 2.83. The van der Waals surface area contributed by atoms with Gasteiger partial charge in [0, 0.05) is 17.1 Å². The van der Waals surface area contributed by atoms with Gasteiger partial charge in [0.15, 0.2) is 0 Å². The van der Waals surface area contributed by atoms with Gasteiger partial charge in [0.1, 0.15) is 0 Å². The molecule has 2 aromatic carbocycles. The molecule has 0 saturated heterocycles. The standard InChI is InChI=1S/C21H23N/c1-14(2)16-6-5-7-19(13-16)21-20-9-8-17(15(3)4)12-18(20)10-11-22-21/h5-15H,1-4H3. The van der Waals surface area contributed by atoms with E-state index in [9.17, 15) is 0 Å². The number of pyridine rings is 1. The number of hydrogen-bond donors (Lipinski definition) is 0. The number of aromatic nitrogens is 1. The fraction of sp³-hybridized carbons (Fsp3) is 0.286. The van der Waals surface area contributed by atoms with Crippen molar-refractivity contribution < 1.29 is 0 Å². The maximum atomic E-state index is 4.65. The molecule has 0 radical (unpaired) electrons. The summed E-state index contributed by atoms with van der Waals surface area (Å²) in [6.07, 6.45) is 1.92. The fourth-order valence-corrected chi connectivity index (χ4v) is 2.83. The summed E-state index contributed by atoms with van der Waals surface area (Å²) in [5.74, 6) is 1.08. The molecule has 3 aromatic rings. The zero-order chi connectivity index (χ0) is 15.7. The van der Waals surface area contributed by atoms with E-state index in [-0.39, 0.29) is 0 Å². The Kier molecular flexibility index (Phi) is 3.98. The predicted octanol–water partition coefficient (Wildman–Crippen LogP) is 6.15. The van der Waals surface area contributed by atoms with Crippen molar-refractivity contribution in [1.29, 1.82) is 0 Å². The minimum atomic E-state index is 0.530. The van der Waals surface area contributed by atoms with Crippen molar-refractivity contribution in [2.75, 3.05) is 0 Å². The van der Waals surface area contributed by atoms with Gasteiger partial charge < -0.3 is 0 Å². The van der Waals surface area contributed by atoms with Gasteiger partial charge in [0.25, 0.3) is 0 Å². The summed E-state index contributed by atoms with van der Waals surface area (Å²) in [5, 5.41) is 2.50. The molecule has 3 rings (SSSR count). The molecule has 0 amide bonds. The first kappa shape index (κ1) is 14.8. The Morgan fingerprint density at radius 2 is 1.50 bits per heavy atom. The van der Waals surface area contributed by atoms with Crippen LogP contribution in [0.5, 0.6) is 0 Å². The van der Waals surface area contributed by atoms with E-state index in [0.717, 1.165) is 5.69 Å².